The number of nitrogens with zero attached hydrogens (tertiary/aromatic N) is 6. The number of aromatic nitrogens is 4. The molecular formula is C22H25FN8O2. The van der Waals surface area contributed by atoms with Gasteiger partial charge in [-0.15, -0.1) is 0 Å². The normalized spacial score (nSPS) is 16.1. The number of anilines is 3. The number of carbonyl (C=O) groups excluding carboxylic acids is 1. The molecule has 2 aliphatic heterocycles. The number of imidazole rings is 1. The summed E-state index contributed by atoms with van der Waals surface area (Å²) in [6.45, 7) is 5.56. The number of fused-ring (bicyclic) bond motifs is 2. The van der Waals surface area contributed by atoms with Crippen molar-refractivity contribution in [2.75, 3.05) is 49.4 Å². The number of hydrogen-bond acceptors (Lipinski definition) is 8. The van der Waals surface area contributed by atoms with Crippen LogP contribution in [0.3, 0.4) is 0 Å². The quantitative estimate of drug-likeness (QED) is 0.609. The number of benzene rings is 1. The second-order valence-electron chi connectivity index (χ2n) is 8.25. The highest BCUT2D eigenvalue weighted by molar-refractivity contribution is 5.89. The zero-order valence-electron chi connectivity index (χ0n) is 18.5. The molecule has 10 nitrogen and oxygen atoms in total. The van der Waals surface area contributed by atoms with Crippen molar-refractivity contribution in [2.24, 2.45) is 0 Å². The average molecular weight is 452 g/mol. The van der Waals surface area contributed by atoms with Crippen molar-refractivity contribution in [1.82, 2.24) is 24.4 Å². The fourth-order valence-electron chi connectivity index (χ4n) is 4.09. The molecule has 11 heteroatoms. The van der Waals surface area contributed by atoms with Gasteiger partial charge in [-0.3, -0.25) is 9.36 Å². The van der Waals surface area contributed by atoms with Crippen LogP contribution in [0.4, 0.5) is 21.7 Å². The molecule has 0 atom stereocenters. The Morgan fingerprint density at radius 1 is 1.33 bits per heavy atom. The average Bonchev–Trinajstić information content (AvgIpc) is 3.37. The maximum Gasteiger partial charge on any atom is 0.241 e. The maximum atomic E-state index is 14.0. The van der Waals surface area contributed by atoms with Gasteiger partial charge in [0.15, 0.2) is 11.6 Å². The number of rotatable bonds is 5. The van der Waals surface area contributed by atoms with E-state index in [1.165, 1.54) is 17.0 Å². The Labute approximate surface area is 190 Å². The van der Waals surface area contributed by atoms with E-state index in [4.69, 9.17) is 9.72 Å². The first kappa shape index (κ1) is 21.1. The molecule has 33 heavy (non-hydrogen) atoms. The van der Waals surface area contributed by atoms with Crippen LogP contribution >= 0.6 is 0 Å². The minimum Gasteiger partial charge on any atom is -0.381 e. The molecule has 2 N–H and O–H groups in total. The van der Waals surface area contributed by atoms with Gasteiger partial charge in [0, 0.05) is 39.4 Å². The van der Waals surface area contributed by atoms with Gasteiger partial charge in [-0.2, -0.15) is 9.97 Å². The molecule has 2 aliphatic rings. The lowest BCUT2D eigenvalue weighted by atomic mass is 10.1. The van der Waals surface area contributed by atoms with Gasteiger partial charge in [0.2, 0.25) is 11.9 Å². The SMILES string of the molecule is C=C1Nc2c(NCC(=O)N(C)C)nc(-n3cnc4ccc(F)cc43)nc2N1C1CCOCC1. The molecule has 0 radical (unpaired) electrons. The van der Waals surface area contributed by atoms with E-state index in [9.17, 15) is 9.18 Å². The molecule has 4 heterocycles. The second kappa shape index (κ2) is 8.32. The van der Waals surface area contributed by atoms with Crippen molar-refractivity contribution in [3.05, 3.63) is 42.7 Å². The molecule has 0 aliphatic carbocycles. The van der Waals surface area contributed by atoms with E-state index in [-0.39, 0.29) is 24.3 Å². The third kappa shape index (κ3) is 3.84. The van der Waals surface area contributed by atoms with Gasteiger partial charge in [0.25, 0.3) is 0 Å². The highest BCUT2D eigenvalue weighted by Crippen LogP contribution is 2.42. The van der Waals surface area contributed by atoms with Gasteiger partial charge < -0.3 is 25.2 Å². The van der Waals surface area contributed by atoms with Crippen LogP contribution in [0, 0.1) is 5.82 Å². The number of carbonyl (C=O) groups is 1. The molecule has 1 aromatic carbocycles. The largest absolute Gasteiger partial charge is 0.381 e. The van der Waals surface area contributed by atoms with E-state index in [1.807, 2.05) is 0 Å². The molecule has 0 saturated carbocycles. The van der Waals surface area contributed by atoms with Crippen LogP contribution in [-0.4, -0.2) is 70.2 Å². The third-order valence-electron chi connectivity index (χ3n) is 5.85. The fraction of sp³-hybridized carbons (Fsp3) is 0.364. The smallest absolute Gasteiger partial charge is 0.241 e. The van der Waals surface area contributed by atoms with Crippen molar-refractivity contribution in [1.29, 1.82) is 0 Å². The first-order valence-corrected chi connectivity index (χ1v) is 10.7. The summed E-state index contributed by atoms with van der Waals surface area (Å²) in [7, 11) is 3.39. The van der Waals surface area contributed by atoms with Crippen LogP contribution in [0.1, 0.15) is 12.8 Å². The van der Waals surface area contributed by atoms with Crippen LogP contribution in [0.2, 0.25) is 0 Å². The first-order valence-electron chi connectivity index (χ1n) is 10.7. The van der Waals surface area contributed by atoms with Crippen LogP contribution in [-0.2, 0) is 9.53 Å². The standard InChI is InChI=1S/C22H25FN8O2/c1-13-26-19-20(24-11-18(32)29(2)3)27-22(28-21(19)31(13)15-6-8-33-9-7-15)30-12-25-16-5-4-14(23)10-17(16)30/h4-5,10,12,15,26H,1,6-9,11H2,2-3H3,(H,24,27,28). The fourth-order valence-corrected chi connectivity index (χ4v) is 4.09. The Hall–Kier alpha value is -3.73. The molecule has 1 saturated heterocycles. The van der Waals surface area contributed by atoms with E-state index in [2.05, 4.69) is 32.1 Å². The van der Waals surface area contributed by atoms with Crippen molar-refractivity contribution in [3.8, 4) is 5.95 Å². The van der Waals surface area contributed by atoms with Crippen LogP contribution in [0.25, 0.3) is 17.0 Å². The minimum atomic E-state index is -0.376. The van der Waals surface area contributed by atoms with E-state index >= 15 is 0 Å². The van der Waals surface area contributed by atoms with Gasteiger partial charge in [-0.05, 0) is 25.0 Å². The van der Waals surface area contributed by atoms with Crippen LogP contribution < -0.4 is 15.5 Å². The molecule has 2 aromatic heterocycles. The summed E-state index contributed by atoms with van der Waals surface area (Å²) in [4.78, 5) is 29.6. The molecule has 0 unspecified atom stereocenters. The Kier molecular flexibility index (Phi) is 5.33. The molecular weight excluding hydrogens is 427 g/mol. The predicted octanol–water partition coefficient (Wildman–Crippen LogP) is 2.34. The number of halogens is 1. The topological polar surface area (TPSA) is 100 Å². The second-order valence-corrected chi connectivity index (χ2v) is 8.25. The van der Waals surface area contributed by atoms with Crippen LogP contribution in [0.5, 0.6) is 0 Å². The lowest BCUT2D eigenvalue weighted by Crippen LogP contribution is -2.38. The molecule has 3 aromatic rings. The van der Waals surface area contributed by atoms with Crippen molar-refractivity contribution in [3.63, 3.8) is 0 Å². The number of nitrogens with one attached hydrogen (secondary N) is 2. The maximum absolute atomic E-state index is 14.0. The lowest BCUT2D eigenvalue weighted by Gasteiger charge is -2.32. The summed E-state index contributed by atoms with van der Waals surface area (Å²) in [5.74, 6) is 1.63. The van der Waals surface area contributed by atoms with Gasteiger partial charge in [-0.25, -0.2) is 9.37 Å². The zero-order valence-corrected chi connectivity index (χ0v) is 18.5. The monoisotopic (exact) mass is 452 g/mol. The lowest BCUT2D eigenvalue weighted by molar-refractivity contribution is -0.126. The number of ether oxygens (including phenoxy) is 1. The highest BCUT2D eigenvalue weighted by atomic mass is 19.1. The minimum absolute atomic E-state index is 0.0562. The number of hydrogen-bond donors (Lipinski definition) is 2. The summed E-state index contributed by atoms with van der Waals surface area (Å²) in [6.07, 6.45) is 3.23. The number of likely N-dealkylation sites (N-methyl/N-ethyl adjacent to an activating group) is 1. The molecule has 0 spiro atoms. The predicted molar refractivity (Wildman–Crippen MR) is 123 cm³/mol. The molecule has 5 rings (SSSR count). The van der Waals surface area contributed by atoms with E-state index < -0.39 is 0 Å². The summed E-state index contributed by atoms with van der Waals surface area (Å²) >= 11 is 0. The van der Waals surface area contributed by atoms with E-state index in [1.54, 1.807) is 31.1 Å². The third-order valence-corrected chi connectivity index (χ3v) is 5.85. The molecule has 1 amide bonds. The Balaban J connectivity index is 1.62. The Morgan fingerprint density at radius 3 is 2.88 bits per heavy atom. The molecule has 172 valence electrons. The Bertz CT molecular complexity index is 1230. The first-order chi connectivity index (χ1) is 15.9. The zero-order chi connectivity index (χ0) is 23.1. The van der Waals surface area contributed by atoms with Gasteiger partial charge in [0.1, 0.15) is 23.7 Å². The van der Waals surface area contributed by atoms with Gasteiger partial charge >= 0.3 is 0 Å². The molecule has 0 bridgehead atoms. The summed E-state index contributed by atoms with van der Waals surface area (Å²) in [6, 6.07) is 4.54. The summed E-state index contributed by atoms with van der Waals surface area (Å²) in [5.41, 5.74) is 1.83. The number of amides is 1. The Morgan fingerprint density at radius 2 is 2.12 bits per heavy atom. The van der Waals surface area contributed by atoms with Crippen molar-refractivity contribution in [2.45, 2.75) is 18.9 Å². The van der Waals surface area contributed by atoms with E-state index in [0.717, 1.165) is 12.8 Å². The van der Waals surface area contributed by atoms with Crippen LogP contribution in [0.15, 0.2) is 36.9 Å². The van der Waals surface area contributed by atoms with Gasteiger partial charge in [-0.1, -0.05) is 6.58 Å². The van der Waals surface area contributed by atoms with Gasteiger partial charge in [0.05, 0.1) is 17.6 Å². The highest BCUT2D eigenvalue weighted by Gasteiger charge is 2.35. The van der Waals surface area contributed by atoms with Crippen molar-refractivity contribution >= 4 is 34.3 Å². The molecule has 1 fully saturated rings. The van der Waals surface area contributed by atoms with E-state index in [0.29, 0.717) is 53.3 Å². The summed E-state index contributed by atoms with van der Waals surface area (Å²) in [5, 5.41) is 6.41. The van der Waals surface area contributed by atoms with Crippen molar-refractivity contribution < 1.29 is 13.9 Å². The summed E-state index contributed by atoms with van der Waals surface area (Å²) < 4.78 is 21.1.